The Kier molecular flexibility index (Phi) is 5.36. The first-order valence-electron chi connectivity index (χ1n) is 8.57. The van der Waals surface area contributed by atoms with Gasteiger partial charge in [0.15, 0.2) is 5.69 Å². The Balaban J connectivity index is 1.60. The number of nitrogens with zero attached hydrogens (tertiary/aromatic N) is 4. The Morgan fingerprint density at radius 2 is 2.08 bits per heavy atom. The molecule has 3 rings (SSSR count). The van der Waals surface area contributed by atoms with E-state index >= 15 is 0 Å². The summed E-state index contributed by atoms with van der Waals surface area (Å²) in [4.78, 5) is 14.2. The molecule has 26 heavy (non-hydrogen) atoms. The summed E-state index contributed by atoms with van der Waals surface area (Å²) in [6, 6.07) is 11.2. The van der Waals surface area contributed by atoms with Gasteiger partial charge in [-0.15, -0.1) is 0 Å². The number of aromatic nitrogens is 4. The van der Waals surface area contributed by atoms with E-state index in [0.717, 1.165) is 29.2 Å². The Labute approximate surface area is 152 Å². The van der Waals surface area contributed by atoms with E-state index in [-0.39, 0.29) is 5.91 Å². The highest BCUT2D eigenvalue weighted by Gasteiger charge is 2.17. The molecule has 7 nitrogen and oxygen atoms in total. The Hall–Kier alpha value is -3.09. The molecule has 2 heterocycles. The molecule has 1 aromatic carbocycles. The fourth-order valence-electron chi connectivity index (χ4n) is 2.62. The summed E-state index contributed by atoms with van der Waals surface area (Å²) in [5.41, 5.74) is 3.09. The van der Waals surface area contributed by atoms with Crippen LogP contribution in [0.5, 0.6) is 5.75 Å². The normalized spacial score (nSPS) is 10.7. The van der Waals surface area contributed by atoms with Crippen molar-refractivity contribution in [3.05, 3.63) is 65.2 Å². The second-order valence-corrected chi connectivity index (χ2v) is 6.14. The first-order chi connectivity index (χ1) is 12.6. The van der Waals surface area contributed by atoms with Crippen LogP contribution in [0.25, 0.3) is 0 Å². The smallest absolute Gasteiger partial charge is 0.274 e. The fourth-order valence-corrected chi connectivity index (χ4v) is 2.62. The molecule has 0 saturated heterocycles. The molecule has 2 aromatic heterocycles. The van der Waals surface area contributed by atoms with Crippen LogP contribution in [0.2, 0.25) is 0 Å². The van der Waals surface area contributed by atoms with E-state index in [2.05, 4.69) is 15.3 Å². The van der Waals surface area contributed by atoms with Crippen LogP contribution in [0.15, 0.2) is 42.6 Å². The summed E-state index contributed by atoms with van der Waals surface area (Å²) in [6.45, 7) is 5.62. The van der Waals surface area contributed by atoms with Crippen LogP contribution in [-0.2, 0) is 19.7 Å². The van der Waals surface area contributed by atoms with E-state index in [4.69, 9.17) is 4.74 Å². The number of hydrogen-bond acceptors (Lipinski definition) is 4. The van der Waals surface area contributed by atoms with Crippen molar-refractivity contribution in [3.8, 4) is 5.75 Å². The summed E-state index contributed by atoms with van der Waals surface area (Å²) in [5, 5.41) is 11.4. The van der Waals surface area contributed by atoms with Gasteiger partial charge in [-0.25, -0.2) is 0 Å². The average molecular weight is 353 g/mol. The lowest BCUT2D eigenvalue weighted by molar-refractivity contribution is 0.0779. The highest BCUT2D eigenvalue weighted by atomic mass is 16.5. The number of para-hydroxylation sites is 1. The van der Waals surface area contributed by atoms with Crippen LogP contribution >= 0.6 is 0 Å². The van der Waals surface area contributed by atoms with Gasteiger partial charge in [-0.1, -0.05) is 18.2 Å². The molecule has 0 aliphatic carbocycles. The molecule has 0 saturated carbocycles. The third-order valence-corrected chi connectivity index (χ3v) is 4.11. The quantitative estimate of drug-likeness (QED) is 0.709. The number of carbonyl (C=O) groups is 1. The second kappa shape index (κ2) is 7.86. The van der Waals surface area contributed by atoms with E-state index < -0.39 is 0 Å². The van der Waals surface area contributed by atoms with Crippen LogP contribution in [0.1, 0.15) is 34.4 Å². The van der Waals surface area contributed by atoms with Crippen molar-refractivity contribution in [2.75, 3.05) is 7.05 Å². The Morgan fingerprint density at radius 1 is 1.31 bits per heavy atom. The molecular formula is C19H23N5O2. The molecule has 0 aliphatic heterocycles. The number of amides is 1. The zero-order valence-electron chi connectivity index (χ0n) is 15.3. The van der Waals surface area contributed by atoms with Gasteiger partial charge < -0.3 is 9.64 Å². The number of ether oxygens (including phenoxy) is 1. The lowest BCUT2D eigenvalue weighted by atomic mass is 10.2. The number of hydrogen-bond donors (Lipinski definition) is 1. The van der Waals surface area contributed by atoms with Gasteiger partial charge in [-0.3, -0.25) is 14.6 Å². The van der Waals surface area contributed by atoms with Crippen molar-refractivity contribution in [3.63, 3.8) is 0 Å². The SMILES string of the molecule is CCn1cc(CN(C)C(=O)c2cc(COc3ccccc3)[nH]n2)c(C)n1. The molecule has 0 fully saturated rings. The van der Waals surface area contributed by atoms with Crippen LogP contribution < -0.4 is 4.74 Å². The number of aryl methyl sites for hydroxylation is 2. The van der Waals surface area contributed by atoms with Crippen molar-refractivity contribution in [2.45, 2.75) is 33.5 Å². The summed E-state index contributed by atoms with van der Waals surface area (Å²) in [5.74, 6) is 0.631. The van der Waals surface area contributed by atoms with Crippen LogP contribution in [0.4, 0.5) is 0 Å². The van der Waals surface area contributed by atoms with E-state index in [9.17, 15) is 4.79 Å². The van der Waals surface area contributed by atoms with Gasteiger partial charge in [0.05, 0.1) is 11.4 Å². The predicted octanol–water partition coefficient (Wildman–Crippen LogP) is 2.79. The van der Waals surface area contributed by atoms with Crippen molar-refractivity contribution in [1.82, 2.24) is 24.9 Å². The molecule has 0 atom stereocenters. The van der Waals surface area contributed by atoms with E-state index in [1.807, 2.05) is 55.1 Å². The monoisotopic (exact) mass is 353 g/mol. The first kappa shape index (κ1) is 17.7. The third-order valence-electron chi connectivity index (χ3n) is 4.11. The van der Waals surface area contributed by atoms with Crippen LogP contribution in [0, 0.1) is 6.92 Å². The lowest BCUT2D eigenvalue weighted by Gasteiger charge is -2.15. The molecule has 0 spiro atoms. The summed E-state index contributed by atoms with van der Waals surface area (Å²) in [7, 11) is 1.76. The van der Waals surface area contributed by atoms with Crippen LogP contribution in [-0.4, -0.2) is 37.8 Å². The van der Waals surface area contributed by atoms with E-state index in [1.165, 1.54) is 0 Å². The largest absolute Gasteiger partial charge is 0.487 e. The van der Waals surface area contributed by atoms with Crippen molar-refractivity contribution >= 4 is 5.91 Å². The molecule has 136 valence electrons. The molecule has 7 heteroatoms. The van der Waals surface area contributed by atoms with E-state index in [1.54, 1.807) is 18.0 Å². The summed E-state index contributed by atoms with van der Waals surface area (Å²) >= 11 is 0. The van der Waals surface area contributed by atoms with Crippen LogP contribution in [0.3, 0.4) is 0 Å². The standard InChI is InChI=1S/C19H23N5O2/c1-4-24-12-15(14(2)22-24)11-23(3)19(25)18-10-16(20-21-18)13-26-17-8-6-5-7-9-17/h5-10,12H,4,11,13H2,1-3H3,(H,20,21). The van der Waals surface area contributed by atoms with Gasteiger partial charge in [-0.05, 0) is 32.0 Å². The highest BCUT2D eigenvalue weighted by molar-refractivity contribution is 5.92. The molecule has 1 N–H and O–H groups in total. The number of nitrogens with one attached hydrogen (secondary N) is 1. The minimum absolute atomic E-state index is 0.143. The predicted molar refractivity (Wildman–Crippen MR) is 97.8 cm³/mol. The fraction of sp³-hybridized carbons (Fsp3) is 0.316. The average Bonchev–Trinajstić information content (AvgIpc) is 3.27. The molecule has 0 aliphatic rings. The zero-order valence-corrected chi connectivity index (χ0v) is 15.3. The van der Waals surface area contributed by atoms with Gasteiger partial charge in [0.2, 0.25) is 0 Å². The zero-order chi connectivity index (χ0) is 18.5. The number of benzene rings is 1. The van der Waals surface area contributed by atoms with Crippen molar-refractivity contribution < 1.29 is 9.53 Å². The minimum Gasteiger partial charge on any atom is -0.487 e. The Bertz CT molecular complexity index is 869. The molecule has 3 aromatic rings. The first-order valence-corrected chi connectivity index (χ1v) is 8.57. The third kappa shape index (κ3) is 4.11. The summed E-state index contributed by atoms with van der Waals surface area (Å²) in [6.07, 6.45) is 1.97. The highest BCUT2D eigenvalue weighted by Crippen LogP contribution is 2.13. The number of rotatable bonds is 7. The lowest BCUT2D eigenvalue weighted by Crippen LogP contribution is -2.26. The van der Waals surface area contributed by atoms with Crippen molar-refractivity contribution in [2.24, 2.45) is 0 Å². The molecule has 1 amide bonds. The second-order valence-electron chi connectivity index (χ2n) is 6.14. The maximum Gasteiger partial charge on any atom is 0.274 e. The summed E-state index contributed by atoms with van der Waals surface area (Å²) < 4.78 is 7.54. The Morgan fingerprint density at radius 3 is 2.77 bits per heavy atom. The maximum absolute atomic E-state index is 12.6. The topological polar surface area (TPSA) is 76.0 Å². The number of H-pyrrole nitrogens is 1. The van der Waals surface area contributed by atoms with Gasteiger partial charge in [0.1, 0.15) is 12.4 Å². The molecule has 0 radical (unpaired) electrons. The van der Waals surface area contributed by atoms with Gasteiger partial charge in [-0.2, -0.15) is 10.2 Å². The molecular weight excluding hydrogens is 330 g/mol. The van der Waals surface area contributed by atoms with E-state index in [0.29, 0.717) is 18.8 Å². The molecule has 0 unspecified atom stereocenters. The molecule has 0 bridgehead atoms. The van der Waals surface area contributed by atoms with Gasteiger partial charge in [0.25, 0.3) is 5.91 Å². The number of aromatic amines is 1. The van der Waals surface area contributed by atoms with Gasteiger partial charge >= 0.3 is 0 Å². The van der Waals surface area contributed by atoms with Crippen molar-refractivity contribution in [1.29, 1.82) is 0 Å². The van der Waals surface area contributed by atoms with Gasteiger partial charge in [0, 0.05) is 31.9 Å². The number of carbonyl (C=O) groups excluding carboxylic acids is 1. The minimum atomic E-state index is -0.143. The maximum atomic E-state index is 12.6.